The molecule has 0 aliphatic carbocycles. The van der Waals surface area contributed by atoms with Crippen LogP contribution in [0.1, 0.15) is 12.7 Å². The molecule has 2 aromatic rings. The second kappa shape index (κ2) is 4.44. The number of rotatable bonds is 3. The van der Waals surface area contributed by atoms with E-state index in [0.29, 0.717) is 23.6 Å². The Hall–Kier alpha value is -2.44. The summed E-state index contributed by atoms with van der Waals surface area (Å²) in [6, 6.07) is 4.62. The first-order chi connectivity index (χ1) is 8.52. The molecule has 7 heteroatoms. The fourth-order valence-corrected chi connectivity index (χ4v) is 1.68. The van der Waals surface area contributed by atoms with Crippen molar-refractivity contribution >= 4 is 11.4 Å². The van der Waals surface area contributed by atoms with Gasteiger partial charge in [0.15, 0.2) is 11.6 Å². The van der Waals surface area contributed by atoms with Crippen LogP contribution in [0.5, 0.6) is 0 Å². The van der Waals surface area contributed by atoms with Gasteiger partial charge >= 0.3 is 0 Å². The monoisotopic (exact) mass is 247 g/mol. The first-order valence-electron chi connectivity index (χ1n) is 5.47. The smallest absolute Gasteiger partial charge is 0.292 e. The lowest BCUT2D eigenvalue weighted by Crippen LogP contribution is -1.98. The van der Waals surface area contributed by atoms with Crippen molar-refractivity contribution in [2.24, 2.45) is 7.05 Å². The Balaban J connectivity index is 2.53. The molecule has 2 rings (SSSR count). The third-order valence-corrected chi connectivity index (χ3v) is 2.61. The fraction of sp³-hybridized carbons (Fsp3) is 0.273. The molecule has 0 saturated carbocycles. The first kappa shape index (κ1) is 12.0. The number of nitro benzene ring substituents is 1. The van der Waals surface area contributed by atoms with Crippen LogP contribution in [0.15, 0.2) is 18.2 Å². The van der Waals surface area contributed by atoms with Gasteiger partial charge in [-0.2, -0.15) is 5.10 Å². The highest BCUT2D eigenvalue weighted by Gasteiger charge is 2.15. The number of anilines is 1. The molecule has 0 spiro atoms. The van der Waals surface area contributed by atoms with Gasteiger partial charge in [-0.05, 0) is 12.1 Å². The number of aromatic nitrogens is 3. The average Bonchev–Trinajstić information content (AvgIpc) is 2.71. The number of aryl methyl sites for hydroxylation is 2. The lowest BCUT2D eigenvalue weighted by atomic mass is 10.1. The Kier molecular flexibility index (Phi) is 2.97. The van der Waals surface area contributed by atoms with Gasteiger partial charge in [-0.3, -0.25) is 10.1 Å². The lowest BCUT2D eigenvalue weighted by molar-refractivity contribution is -0.383. The molecule has 0 amide bonds. The predicted octanol–water partition coefficient (Wildman–Crippen LogP) is 1.53. The zero-order valence-corrected chi connectivity index (χ0v) is 10.1. The highest BCUT2D eigenvalue weighted by Crippen LogP contribution is 2.27. The van der Waals surface area contributed by atoms with Gasteiger partial charge in [0.1, 0.15) is 5.69 Å². The van der Waals surface area contributed by atoms with E-state index in [1.165, 1.54) is 12.1 Å². The average molecular weight is 247 g/mol. The van der Waals surface area contributed by atoms with Crippen LogP contribution in [-0.2, 0) is 13.5 Å². The van der Waals surface area contributed by atoms with E-state index in [0.717, 1.165) is 0 Å². The summed E-state index contributed by atoms with van der Waals surface area (Å²) < 4.78 is 1.61. The highest BCUT2D eigenvalue weighted by molar-refractivity contribution is 5.68. The molecule has 0 bridgehead atoms. The van der Waals surface area contributed by atoms with Crippen molar-refractivity contribution in [1.82, 2.24) is 14.8 Å². The molecular weight excluding hydrogens is 234 g/mol. The van der Waals surface area contributed by atoms with Crippen LogP contribution < -0.4 is 5.73 Å². The van der Waals surface area contributed by atoms with Crippen molar-refractivity contribution in [3.63, 3.8) is 0 Å². The highest BCUT2D eigenvalue weighted by atomic mass is 16.6. The molecule has 0 atom stereocenters. The van der Waals surface area contributed by atoms with Gasteiger partial charge < -0.3 is 5.73 Å². The van der Waals surface area contributed by atoms with Gasteiger partial charge in [-0.15, -0.1) is 0 Å². The van der Waals surface area contributed by atoms with Crippen molar-refractivity contribution in [2.75, 3.05) is 5.73 Å². The van der Waals surface area contributed by atoms with Crippen molar-refractivity contribution in [2.45, 2.75) is 13.3 Å². The Bertz CT molecular complexity index is 605. The van der Waals surface area contributed by atoms with Gasteiger partial charge in [0, 0.05) is 25.1 Å². The van der Waals surface area contributed by atoms with Crippen LogP contribution in [0.2, 0.25) is 0 Å². The molecule has 1 aromatic carbocycles. The maximum absolute atomic E-state index is 10.8. The molecule has 0 radical (unpaired) electrons. The molecule has 0 unspecified atom stereocenters. The minimum absolute atomic E-state index is 0.117. The number of hydrogen-bond donors (Lipinski definition) is 1. The zero-order valence-electron chi connectivity index (χ0n) is 10.1. The summed E-state index contributed by atoms with van der Waals surface area (Å²) in [5.74, 6) is 1.29. The van der Waals surface area contributed by atoms with Crippen LogP contribution in [0.25, 0.3) is 11.4 Å². The fourth-order valence-electron chi connectivity index (χ4n) is 1.68. The molecule has 0 aliphatic rings. The molecule has 2 N–H and O–H groups in total. The third-order valence-electron chi connectivity index (χ3n) is 2.61. The predicted molar refractivity (Wildman–Crippen MR) is 66.9 cm³/mol. The van der Waals surface area contributed by atoms with E-state index in [9.17, 15) is 10.1 Å². The maximum atomic E-state index is 10.8. The molecule has 1 heterocycles. The normalized spacial score (nSPS) is 10.6. The molecule has 0 aliphatic heterocycles. The number of nitrogens with two attached hydrogens (primary N) is 1. The molecule has 18 heavy (non-hydrogen) atoms. The molecule has 0 saturated heterocycles. The van der Waals surface area contributed by atoms with Gasteiger partial charge in [-0.25, -0.2) is 9.67 Å². The quantitative estimate of drug-likeness (QED) is 0.503. The summed E-state index contributed by atoms with van der Waals surface area (Å²) in [6.07, 6.45) is 0.713. The minimum atomic E-state index is -0.504. The van der Waals surface area contributed by atoms with E-state index < -0.39 is 4.92 Å². The van der Waals surface area contributed by atoms with E-state index in [2.05, 4.69) is 10.1 Å². The standard InChI is InChI=1S/C11H13N5O2/c1-3-10-13-11(15(2)14-10)7-4-5-8(12)9(6-7)16(17)18/h4-6H,3,12H2,1-2H3. The number of nitrogens with zero attached hydrogens (tertiary/aromatic N) is 4. The van der Waals surface area contributed by atoms with Crippen molar-refractivity contribution in [1.29, 1.82) is 0 Å². The number of nitrogen functional groups attached to an aromatic ring is 1. The maximum Gasteiger partial charge on any atom is 0.292 e. The Morgan fingerprint density at radius 1 is 1.50 bits per heavy atom. The second-order valence-electron chi connectivity index (χ2n) is 3.86. The Morgan fingerprint density at radius 3 is 2.78 bits per heavy atom. The van der Waals surface area contributed by atoms with Gasteiger partial charge in [0.05, 0.1) is 4.92 Å². The Labute approximate surface area is 103 Å². The van der Waals surface area contributed by atoms with Crippen LogP contribution in [0.4, 0.5) is 11.4 Å². The van der Waals surface area contributed by atoms with Gasteiger partial charge in [-0.1, -0.05) is 6.92 Å². The number of hydrogen-bond acceptors (Lipinski definition) is 5. The van der Waals surface area contributed by atoms with E-state index >= 15 is 0 Å². The van der Waals surface area contributed by atoms with Gasteiger partial charge in [0.2, 0.25) is 0 Å². The van der Waals surface area contributed by atoms with E-state index in [-0.39, 0.29) is 11.4 Å². The number of benzene rings is 1. The summed E-state index contributed by atoms with van der Waals surface area (Å²) >= 11 is 0. The van der Waals surface area contributed by atoms with Crippen molar-refractivity contribution < 1.29 is 4.92 Å². The lowest BCUT2D eigenvalue weighted by Gasteiger charge is -2.02. The summed E-state index contributed by atoms with van der Waals surface area (Å²) in [7, 11) is 1.75. The van der Waals surface area contributed by atoms with Gasteiger partial charge in [0.25, 0.3) is 5.69 Å². The molecule has 94 valence electrons. The molecular formula is C11H13N5O2. The summed E-state index contributed by atoms with van der Waals surface area (Å²) in [6.45, 7) is 1.95. The van der Waals surface area contributed by atoms with E-state index in [1.807, 2.05) is 6.92 Å². The van der Waals surface area contributed by atoms with Crippen LogP contribution in [0, 0.1) is 10.1 Å². The van der Waals surface area contributed by atoms with Crippen molar-refractivity contribution in [3.05, 3.63) is 34.1 Å². The molecule has 0 fully saturated rings. The van der Waals surface area contributed by atoms with Crippen LogP contribution in [0.3, 0.4) is 0 Å². The summed E-state index contributed by atoms with van der Waals surface area (Å²) in [5.41, 5.74) is 6.21. The zero-order chi connectivity index (χ0) is 13.3. The van der Waals surface area contributed by atoms with Crippen LogP contribution >= 0.6 is 0 Å². The Morgan fingerprint density at radius 2 is 2.22 bits per heavy atom. The van der Waals surface area contributed by atoms with Crippen molar-refractivity contribution in [3.8, 4) is 11.4 Å². The topological polar surface area (TPSA) is 99.9 Å². The SMILES string of the molecule is CCc1nc(-c2ccc(N)c([N+](=O)[O-])c2)n(C)n1. The molecule has 1 aromatic heterocycles. The second-order valence-corrected chi connectivity index (χ2v) is 3.86. The first-order valence-corrected chi connectivity index (χ1v) is 5.47. The summed E-state index contributed by atoms with van der Waals surface area (Å²) in [5, 5.41) is 15.0. The summed E-state index contributed by atoms with van der Waals surface area (Å²) in [4.78, 5) is 14.6. The van der Waals surface area contributed by atoms with Crippen LogP contribution in [-0.4, -0.2) is 19.7 Å². The van der Waals surface area contributed by atoms with E-state index in [4.69, 9.17) is 5.73 Å². The molecule has 7 nitrogen and oxygen atoms in total. The minimum Gasteiger partial charge on any atom is -0.393 e. The van der Waals surface area contributed by atoms with E-state index in [1.54, 1.807) is 17.8 Å². The largest absolute Gasteiger partial charge is 0.393 e. The third kappa shape index (κ3) is 2.02. The number of nitro groups is 1.